The van der Waals surface area contributed by atoms with Crippen molar-refractivity contribution >= 4 is 5.91 Å². The summed E-state index contributed by atoms with van der Waals surface area (Å²) >= 11 is 0. The molecule has 4 nitrogen and oxygen atoms in total. The molecule has 0 saturated carbocycles. The monoisotopic (exact) mass is 245 g/mol. The molecule has 0 radical (unpaired) electrons. The van der Waals surface area contributed by atoms with Crippen LogP contribution in [0.5, 0.6) is 0 Å². The second-order valence-corrected chi connectivity index (χ2v) is 3.22. The van der Waals surface area contributed by atoms with E-state index in [4.69, 9.17) is 9.84 Å². The number of ether oxygens (including phenoxy) is 1. The first kappa shape index (κ1) is 13.5. The lowest BCUT2D eigenvalue weighted by Gasteiger charge is -2.06. The van der Waals surface area contributed by atoms with Crippen molar-refractivity contribution in [2.75, 3.05) is 26.4 Å². The van der Waals surface area contributed by atoms with Crippen molar-refractivity contribution < 1.29 is 23.4 Å². The van der Waals surface area contributed by atoms with Crippen LogP contribution in [0.15, 0.2) is 18.2 Å². The third kappa shape index (κ3) is 4.46. The van der Waals surface area contributed by atoms with Crippen LogP contribution in [-0.2, 0) is 4.74 Å². The first-order chi connectivity index (χ1) is 8.15. The zero-order valence-electron chi connectivity index (χ0n) is 9.08. The fraction of sp³-hybridized carbons (Fsp3) is 0.364. The summed E-state index contributed by atoms with van der Waals surface area (Å²) in [7, 11) is 0. The number of halogens is 2. The number of hydrogen-bond acceptors (Lipinski definition) is 3. The zero-order valence-corrected chi connectivity index (χ0v) is 9.08. The van der Waals surface area contributed by atoms with Crippen LogP contribution in [0, 0.1) is 11.6 Å². The molecule has 0 aliphatic carbocycles. The number of carbonyl (C=O) groups is 1. The minimum atomic E-state index is -0.778. The highest BCUT2D eigenvalue weighted by molar-refractivity contribution is 5.94. The van der Waals surface area contributed by atoms with E-state index in [2.05, 4.69) is 5.32 Å². The molecule has 2 N–H and O–H groups in total. The maximum absolute atomic E-state index is 13.2. The Bertz CT molecular complexity index is 385. The molecule has 0 heterocycles. The van der Waals surface area contributed by atoms with Gasteiger partial charge in [0.2, 0.25) is 0 Å². The van der Waals surface area contributed by atoms with Crippen LogP contribution in [0.3, 0.4) is 0 Å². The van der Waals surface area contributed by atoms with Crippen molar-refractivity contribution in [1.29, 1.82) is 0 Å². The van der Waals surface area contributed by atoms with Gasteiger partial charge in [0, 0.05) is 6.54 Å². The van der Waals surface area contributed by atoms with E-state index in [9.17, 15) is 13.6 Å². The molecule has 1 aromatic rings. The fourth-order valence-corrected chi connectivity index (χ4v) is 1.17. The maximum atomic E-state index is 13.2. The Labute approximate surface area is 97.2 Å². The Morgan fingerprint density at radius 1 is 1.35 bits per heavy atom. The molecule has 1 amide bonds. The van der Waals surface area contributed by atoms with Crippen LogP contribution in [0.25, 0.3) is 0 Å². The molecule has 17 heavy (non-hydrogen) atoms. The molecule has 0 unspecified atom stereocenters. The summed E-state index contributed by atoms with van der Waals surface area (Å²) in [5, 5.41) is 10.8. The van der Waals surface area contributed by atoms with Crippen LogP contribution in [0.2, 0.25) is 0 Å². The highest BCUT2D eigenvalue weighted by Crippen LogP contribution is 2.09. The molecule has 0 bridgehead atoms. The number of rotatable bonds is 6. The van der Waals surface area contributed by atoms with Crippen molar-refractivity contribution in [3.8, 4) is 0 Å². The van der Waals surface area contributed by atoms with Gasteiger partial charge in [-0.25, -0.2) is 8.78 Å². The lowest BCUT2D eigenvalue weighted by molar-refractivity contribution is 0.0835. The summed E-state index contributed by atoms with van der Waals surface area (Å²) in [5.74, 6) is -2.15. The van der Waals surface area contributed by atoms with Crippen molar-refractivity contribution in [3.63, 3.8) is 0 Å². The zero-order chi connectivity index (χ0) is 12.7. The number of aliphatic hydroxyl groups excluding tert-OH is 1. The van der Waals surface area contributed by atoms with Gasteiger partial charge in [0.25, 0.3) is 5.91 Å². The largest absolute Gasteiger partial charge is 0.394 e. The second kappa shape index (κ2) is 6.93. The minimum absolute atomic E-state index is 0.105. The Morgan fingerprint density at radius 3 is 2.82 bits per heavy atom. The van der Waals surface area contributed by atoms with Crippen molar-refractivity contribution in [1.82, 2.24) is 5.32 Å². The quantitative estimate of drug-likeness (QED) is 0.725. The molecular formula is C11H13F2NO3. The van der Waals surface area contributed by atoms with Crippen molar-refractivity contribution in [3.05, 3.63) is 35.4 Å². The van der Waals surface area contributed by atoms with Crippen LogP contribution >= 0.6 is 0 Å². The third-order valence-corrected chi connectivity index (χ3v) is 1.94. The molecule has 0 fully saturated rings. The van der Waals surface area contributed by atoms with Crippen LogP contribution < -0.4 is 5.32 Å². The number of hydrogen-bond donors (Lipinski definition) is 2. The van der Waals surface area contributed by atoms with E-state index in [1.54, 1.807) is 0 Å². The van der Waals surface area contributed by atoms with E-state index < -0.39 is 17.5 Å². The molecule has 0 saturated heterocycles. The Kier molecular flexibility index (Phi) is 5.51. The first-order valence-corrected chi connectivity index (χ1v) is 5.07. The third-order valence-electron chi connectivity index (χ3n) is 1.94. The van der Waals surface area contributed by atoms with Gasteiger partial charge >= 0.3 is 0 Å². The highest BCUT2D eigenvalue weighted by Gasteiger charge is 2.11. The predicted molar refractivity (Wildman–Crippen MR) is 56.6 cm³/mol. The van der Waals surface area contributed by atoms with E-state index in [-0.39, 0.29) is 31.9 Å². The molecule has 0 aliphatic heterocycles. The van der Waals surface area contributed by atoms with Crippen LogP contribution in [-0.4, -0.2) is 37.4 Å². The first-order valence-electron chi connectivity index (χ1n) is 5.07. The molecule has 0 atom stereocenters. The van der Waals surface area contributed by atoms with E-state index >= 15 is 0 Å². The number of carbonyl (C=O) groups excluding carboxylic acids is 1. The average Bonchev–Trinajstić information content (AvgIpc) is 2.32. The number of aliphatic hydroxyl groups is 1. The molecule has 1 aromatic carbocycles. The van der Waals surface area contributed by atoms with E-state index in [1.165, 1.54) is 0 Å². The summed E-state index contributed by atoms with van der Waals surface area (Å²) in [6.07, 6.45) is 0. The van der Waals surface area contributed by atoms with Gasteiger partial charge in [0.1, 0.15) is 11.6 Å². The Hall–Kier alpha value is -1.53. The molecular weight excluding hydrogens is 232 g/mol. The van der Waals surface area contributed by atoms with Gasteiger partial charge in [0.05, 0.1) is 25.4 Å². The lowest BCUT2D eigenvalue weighted by Crippen LogP contribution is -2.28. The van der Waals surface area contributed by atoms with Crippen molar-refractivity contribution in [2.45, 2.75) is 0 Å². The summed E-state index contributed by atoms with van der Waals surface area (Å²) in [6.45, 7) is 0.425. The maximum Gasteiger partial charge on any atom is 0.254 e. The normalized spacial score (nSPS) is 10.3. The van der Waals surface area contributed by atoms with Gasteiger partial charge in [-0.2, -0.15) is 0 Å². The fourth-order valence-electron chi connectivity index (χ4n) is 1.17. The number of nitrogens with one attached hydrogen (secondary N) is 1. The smallest absolute Gasteiger partial charge is 0.254 e. The summed E-state index contributed by atoms with van der Waals surface area (Å²) in [4.78, 5) is 11.4. The summed E-state index contributed by atoms with van der Waals surface area (Å²) in [6, 6.07) is 2.67. The standard InChI is InChI=1S/C11H13F2NO3/c12-8-1-2-10(13)9(7-8)11(16)14-3-5-17-6-4-15/h1-2,7,15H,3-6H2,(H,14,16). The lowest BCUT2D eigenvalue weighted by atomic mass is 10.2. The molecule has 0 spiro atoms. The topological polar surface area (TPSA) is 58.6 Å². The van der Waals surface area contributed by atoms with E-state index in [0.717, 1.165) is 18.2 Å². The van der Waals surface area contributed by atoms with E-state index in [0.29, 0.717) is 0 Å². The van der Waals surface area contributed by atoms with Gasteiger partial charge in [-0.3, -0.25) is 4.79 Å². The highest BCUT2D eigenvalue weighted by atomic mass is 19.1. The molecule has 1 rings (SSSR count). The second-order valence-electron chi connectivity index (χ2n) is 3.22. The van der Waals surface area contributed by atoms with Crippen LogP contribution in [0.1, 0.15) is 10.4 Å². The summed E-state index contributed by atoms with van der Waals surface area (Å²) in [5.41, 5.74) is -0.341. The molecule has 6 heteroatoms. The SMILES string of the molecule is O=C(NCCOCCO)c1cc(F)ccc1F. The van der Waals surface area contributed by atoms with Gasteiger partial charge in [-0.1, -0.05) is 0 Å². The number of amides is 1. The Balaban J connectivity index is 2.44. The summed E-state index contributed by atoms with van der Waals surface area (Å²) < 4.78 is 30.8. The number of benzene rings is 1. The predicted octanol–water partition coefficient (Wildman–Crippen LogP) is 0.704. The average molecular weight is 245 g/mol. The van der Waals surface area contributed by atoms with E-state index in [1.807, 2.05) is 0 Å². The van der Waals surface area contributed by atoms with Gasteiger partial charge < -0.3 is 15.2 Å². The van der Waals surface area contributed by atoms with Gasteiger partial charge in [0.15, 0.2) is 0 Å². The molecule has 94 valence electrons. The van der Waals surface area contributed by atoms with Gasteiger partial charge in [-0.05, 0) is 18.2 Å². The van der Waals surface area contributed by atoms with Crippen molar-refractivity contribution in [2.24, 2.45) is 0 Å². The Morgan fingerprint density at radius 2 is 2.12 bits per heavy atom. The van der Waals surface area contributed by atoms with Crippen LogP contribution in [0.4, 0.5) is 8.78 Å². The van der Waals surface area contributed by atoms with Gasteiger partial charge in [-0.15, -0.1) is 0 Å². The molecule has 0 aliphatic rings. The minimum Gasteiger partial charge on any atom is -0.394 e. The molecule has 0 aromatic heterocycles.